The lowest BCUT2D eigenvalue weighted by molar-refractivity contribution is -0.117. The lowest BCUT2D eigenvalue weighted by atomic mass is 9.95. The Labute approximate surface area is 141 Å². The van der Waals surface area contributed by atoms with Crippen LogP contribution in [0.1, 0.15) is 41.0 Å². The van der Waals surface area contributed by atoms with E-state index in [0.29, 0.717) is 5.69 Å². The van der Waals surface area contributed by atoms with Crippen molar-refractivity contribution in [2.45, 2.75) is 32.1 Å². The van der Waals surface area contributed by atoms with E-state index in [9.17, 15) is 9.59 Å². The highest BCUT2D eigenvalue weighted by Crippen LogP contribution is 2.26. The highest BCUT2D eigenvalue weighted by atomic mass is 16.2. The fraction of sp³-hybridized carbons (Fsp3) is 0.389. The number of aryl methyl sites for hydroxylation is 1. The van der Waals surface area contributed by atoms with Gasteiger partial charge in [0.05, 0.1) is 0 Å². The summed E-state index contributed by atoms with van der Waals surface area (Å²) in [5.41, 5.74) is 8.72. The minimum atomic E-state index is -0.424. The number of hydrogen-bond donors (Lipinski definition) is 1. The average molecular weight is 326 g/mol. The SMILES string of the molecule is Cn1nc(C(=O)N(CCC(N)=O)c2ccccc2)c2c1CCCC2. The maximum absolute atomic E-state index is 13.1. The number of nitrogens with two attached hydrogens (primary N) is 1. The van der Waals surface area contributed by atoms with Crippen LogP contribution in [0, 0.1) is 0 Å². The molecule has 6 nitrogen and oxygen atoms in total. The van der Waals surface area contributed by atoms with Crippen LogP contribution in [0.4, 0.5) is 5.69 Å². The molecule has 0 saturated carbocycles. The first-order valence-corrected chi connectivity index (χ1v) is 8.28. The molecule has 1 heterocycles. The summed E-state index contributed by atoms with van der Waals surface area (Å²) in [6, 6.07) is 9.34. The first-order valence-electron chi connectivity index (χ1n) is 8.28. The minimum absolute atomic E-state index is 0.121. The summed E-state index contributed by atoms with van der Waals surface area (Å²) in [5, 5.41) is 4.47. The zero-order valence-electron chi connectivity index (χ0n) is 13.9. The van der Waals surface area contributed by atoms with Gasteiger partial charge in [-0.2, -0.15) is 5.10 Å². The number of aromatic nitrogens is 2. The molecule has 24 heavy (non-hydrogen) atoms. The molecule has 0 bridgehead atoms. The minimum Gasteiger partial charge on any atom is -0.370 e. The van der Waals surface area contributed by atoms with Crippen molar-refractivity contribution in [1.82, 2.24) is 9.78 Å². The Morgan fingerprint density at radius 2 is 1.92 bits per heavy atom. The summed E-state index contributed by atoms with van der Waals surface area (Å²) >= 11 is 0. The summed E-state index contributed by atoms with van der Waals surface area (Å²) in [6.45, 7) is 0.253. The normalized spacial score (nSPS) is 13.4. The highest BCUT2D eigenvalue weighted by molar-refractivity contribution is 6.06. The lowest BCUT2D eigenvalue weighted by Gasteiger charge is -2.22. The first-order chi connectivity index (χ1) is 11.6. The summed E-state index contributed by atoms with van der Waals surface area (Å²) in [5.74, 6) is -0.590. The third-order valence-corrected chi connectivity index (χ3v) is 4.46. The predicted octanol–water partition coefficient (Wildman–Crippen LogP) is 1.82. The Morgan fingerprint density at radius 1 is 1.21 bits per heavy atom. The molecule has 1 aliphatic rings. The quantitative estimate of drug-likeness (QED) is 0.910. The molecule has 0 spiro atoms. The molecule has 126 valence electrons. The maximum Gasteiger partial charge on any atom is 0.279 e. The number of para-hydroxylation sites is 1. The van der Waals surface area contributed by atoms with E-state index in [-0.39, 0.29) is 18.9 Å². The smallest absolute Gasteiger partial charge is 0.279 e. The molecule has 0 atom stereocenters. The van der Waals surface area contributed by atoms with E-state index in [1.165, 1.54) is 0 Å². The number of hydrogen-bond acceptors (Lipinski definition) is 3. The van der Waals surface area contributed by atoms with Crippen LogP contribution in [0.15, 0.2) is 30.3 Å². The van der Waals surface area contributed by atoms with Gasteiger partial charge in [0.2, 0.25) is 5.91 Å². The van der Waals surface area contributed by atoms with E-state index in [1.54, 1.807) is 4.90 Å². The Balaban J connectivity index is 1.95. The number of amides is 2. The van der Waals surface area contributed by atoms with E-state index in [0.717, 1.165) is 42.6 Å². The van der Waals surface area contributed by atoms with Gasteiger partial charge < -0.3 is 10.6 Å². The largest absolute Gasteiger partial charge is 0.370 e. The Bertz CT molecular complexity index is 752. The molecule has 0 unspecified atom stereocenters. The van der Waals surface area contributed by atoms with Crippen LogP contribution >= 0.6 is 0 Å². The van der Waals surface area contributed by atoms with Crippen molar-refractivity contribution in [3.63, 3.8) is 0 Å². The van der Waals surface area contributed by atoms with Gasteiger partial charge in [0.25, 0.3) is 5.91 Å². The van der Waals surface area contributed by atoms with Crippen molar-refractivity contribution in [1.29, 1.82) is 0 Å². The summed E-state index contributed by atoms with van der Waals surface area (Å²) in [7, 11) is 1.89. The zero-order chi connectivity index (χ0) is 17.1. The van der Waals surface area contributed by atoms with Crippen LogP contribution in [0.3, 0.4) is 0 Å². The van der Waals surface area contributed by atoms with Gasteiger partial charge in [-0.1, -0.05) is 18.2 Å². The standard InChI is InChI=1S/C18H22N4O2/c1-21-15-10-6-5-9-14(15)17(20-21)18(24)22(12-11-16(19)23)13-7-3-2-4-8-13/h2-4,7-8H,5-6,9-12H2,1H3,(H2,19,23). The average Bonchev–Trinajstić information content (AvgIpc) is 2.93. The number of rotatable bonds is 5. The Hall–Kier alpha value is -2.63. The van der Waals surface area contributed by atoms with Crippen LogP contribution < -0.4 is 10.6 Å². The third kappa shape index (κ3) is 3.18. The van der Waals surface area contributed by atoms with E-state index in [1.807, 2.05) is 42.1 Å². The second kappa shape index (κ2) is 6.86. The summed E-state index contributed by atoms with van der Waals surface area (Å²) in [6.07, 6.45) is 4.16. The molecule has 3 rings (SSSR count). The third-order valence-electron chi connectivity index (χ3n) is 4.46. The molecule has 1 aromatic carbocycles. The van der Waals surface area contributed by atoms with Crippen molar-refractivity contribution < 1.29 is 9.59 Å². The number of fused-ring (bicyclic) bond motifs is 1. The molecule has 0 saturated heterocycles. The summed E-state index contributed by atoms with van der Waals surface area (Å²) in [4.78, 5) is 25.9. The van der Waals surface area contributed by atoms with Crippen molar-refractivity contribution in [2.75, 3.05) is 11.4 Å². The second-order valence-corrected chi connectivity index (χ2v) is 6.11. The van der Waals surface area contributed by atoms with Crippen LogP contribution in [0.25, 0.3) is 0 Å². The molecule has 2 N–H and O–H groups in total. The fourth-order valence-corrected chi connectivity index (χ4v) is 3.25. The molecule has 6 heteroatoms. The monoisotopic (exact) mass is 326 g/mol. The zero-order valence-corrected chi connectivity index (χ0v) is 13.9. The topological polar surface area (TPSA) is 81.2 Å². The van der Waals surface area contributed by atoms with Gasteiger partial charge in [-0.15, -0.1) is 0 Å². The van der Waals surface area contributed by atoms with Gasteiger partial charge in [-0.3, -0.25) is 14.3 Å². The summed E-state index contributed by atoms with van der Waals surface area (Å²) < 4.78 is 1.82. The van der Waals surface area contributed by atoms with E-state index < -0.39 is 5.91 Å². The van der Waals surface area contributed by atoms with E-state index in [2.05, 4.69) is 5.10 Å². The molecule has 2 amide bonds. The molecule has 0 fully saturated rings. The van der Waals surface area contributed by atoms with Gasteiger partial charge in [-0.05, 0) is 37.8 Å². The predicted molar refractivity (Wildman–Crippen MR) is 91.8 cm³/mol. The Kier molecular flexibility index (Phi) is 4.64. The van der Waals surface area contributed by atoms with Crippen molar-refractivity contribution in [3.8, 4) is 0 Å². The Morgan fingerprint density at radius 3 is 2.62 bits per heavy atom. The van der Waals surface area contributed by atoms with Crippen LogP contribution in [-0.4, -0.2) is 28.1 Å². The number of primary amides is 1. The van der Waals surface area contributed by atoms with Crippen LogP contribution in [-0.2, 0) is 24.7 Å². The van der Waals surface area contributed by atoms with Gasteiger partial charge in [-0.25, -0.2) is 0 Å². The maximum atomic E-state index is 13.1. The fourth-order valence-electron chi connectivity index (χ4n) is 3.25. The molecular formula is C18H22N4O2. The first kappa shape index (κ1) is 16.2. The number of carbonyl (C=O) groups excluding carboxylic acids is 2. The number of anilines is 1. The van der Waals surface area contributed by atoms with Gasteiger partial charge in [0.1, 0.15) is 0 Å². The van der Waals surface area contributed by atoms with Crippen molar-refractivity contribution in [2.24, 2.45) is 12.8 Å². The van der Waals surface area contributed by atoms with Crippen LogP contribution in [0.2, 0.25) is 0 Å². The highest BCUT2D eigenvalue weighted by Gasteiger charge is 2.28. The van der Waals surface area contributed by atoms with Crippen LogP contribution in [0.5, 0.6) is 0 Å². The van der Waals surface area contributed by atoms with Crippen molar-refractivity contribution in [3.05, 3.63) is 47.3 Å². The van der Waals surface area contributed by atoms with Gasteiger partial charge >= 0.3 is 0 Å². The van der Waals surface area contributed by atoms with E-state index in [4.69, 9.17) is 5.73 Å². The van der Waals surface area contributed by atoms with Gasteiger partial charge in [0.15, 0.2) is 5.69 Å². The molecule has 1 aromatic heterocycles. The molecule has 0 radical (unpaired) electrons. The number of carbonyl (C=O) groups is 2. The lowest BCUT2D eigenvalue weighted by Crippen LogP contribution is -2.35. The molecule has 1 aliphatic carbocycles. The molecule has 2 aromatic rings. The van der Waals surface area contributed by atoms with E-state index >= 15 is 0 Å². The van der Waals surface area contributed by atoms with Crippen molar-refractivity contribution >= 4 is 17.5 Å². The van der Waals surface area contributed by atoms with Gasteiger partial charge in [0, 0.05) is 37.0 Å². The second-order valence-electron chi connectivity index (χ2n) is 6.11. The molecule has 0 aliphatic heterocycles. The number of benzene rings is 1. The molecular weight excluding hydrogens is 304 g/mol. The number of nitrogens with zero attached hydrogens (tertiary/aromatic N) is 3.